The Labute approximate surface area is 112 Å². The lowest BCUT2D eigenvalue weighted by Crippen LogP contribution is -2.52. The second-order valence-corrected chi connectivity index (χ2v) is 6.08. The first-order valence-corrected chi connectivity index (χ1v) is 6.36. The molecule has 1 fully saturated rings. The Morgan fingerprint density at radius 3 is 2.12 bits per heavy atom. The Bertz CT molecular complexity index is 244. The van der Waals surface area contributed by atoms with Crippen molar-refractivity contribution in [3.05, 3.63) is 0 Å². The molecule has 0 radical (unpaired) electrons. The van der Waals surface area contributed by atoms with Crippen LogP contribution >= 0.6 is 12.4 Å². The molecule has 17 heavy (non-hydrogen) atoms. The van der Waals surface area contributed by atoms with Gasteiger partial charge in [-0.05, 0) is 18.3 Å². The third kappa shape index (κ3) is 4.47. The number of halogens is 1. The maximum Gasteiger partial charge on any atom is 0.240 e. The fourth-order valence-corrected chi connectivity index (χ4v) is 2.24. The number of carbonyl (C=O) groups excluding carboxylic acids is 1. The number of nitrogens with zero attached hydrogens (tertiary/aromatic N) is 1. The normalized spacial score (nSPS) is 19.4. The van der Waals surface area contributed by atoms with Crippen molar-refractivity contribution in [1.82, 2.24) is 4.90 Å². The van der Waals surface area contributed by atoms with Crippen LogP contribution in [0.25, 0.3) is 0 Å². The van der Waals surface area contributed by atoms with E-state index >= 15 is 0 Å². The van der Waals surface area contributed by atoms with Crippen LogP contribution < -0.4 is 5.73 Å². The van der Waals surface area contributed by atoms with Gasteiger partial charge in [-0.1, -0.05) is 40.0 Å². The maximum atomic E-state index is 12.2. The molecule has 0 spiro atoms. The molecule has 0 aromatic carbocycles. The molecule has 2 N–H and O–H groups in total. The molecule has 1 saturated carbocycles. The SMILES string of the molecule is CN(C(=O)[C@@H](N)C(C)(C)C)C1CCCCC1.Cl. The van der Waals surface area contributed by atoms with Crippen LogP contribution in [0.4, 0.5) is 0 Å². The zero-order valence-corrected chi connectivity index (χ0v) is 12.3. The first-order chi connectivity index (χ1) is 7.34. The topological polar surface area (TPSA) is 46.3 Å². The van der Waals surface area contributed by atoms with Crippen molar-refractivity contribution < 1.29 is 4.79 Å². The molecule has 4 heteroatoms. The molecule has 1 atom stereocenters. The molecule has 1 rings (SSSR count). The lowest BCUT2D eigenvalue weighted by molar-refractivity contribution is -0.136. The molecule has 0 aromatic heterocycles. The summed E-state index contributed by atoms with van der Waals surface area (Å²) in [6.07, 6.45) is 6.07. The maximum absolute atomic E-state index is 12.2. The summed E-state index contributed by atoms with van der Waals surface area (Å²) in [6.45, 7) is 6.05. The van der Waals surface area contributed by atoms with E-state index in [1.54, 1.807) is 0 Å². The number of likely N-dealkylation sites (N-methyl/N-ethyl adjacent to an activating group) is 1. The fourth-order valence-electron chi connectivity index (χ4n) is 2.24. The summed E-state index contributed by atoms with van der Waals surface area (Å²) in [6, 6.07) is 0.0223. The first kappa shape index (κ1) is 16.7. The van der Waals surface area contributed by atoms with E-state index in [-0.39, 0.29) is 29.8 Å². The van der Waals surface area contributed by atoms with Gasteiger partial charge in [0.25, 0.3) is 0 Å². The highest BCUT2D eigenvalue weighted by Crippen LogP contribution is 2.24. The van der Waals surface area contributed by atoms with Crippen molar-refractivity contribution in [2.45, 2.75) is 65.0 Å². The minimum absolute atomic E-state index is 0. The van der Waals surface area contributed by atoms with E-state index < -0.39 is 0 Å². The molecular weight excluding hydrogens is 236 g/mol. The van der Waals surface area contributed by atoms with Gasteiger partial charge in [-0.25, -0.2) is 0 Å². The summed E-state index contributed by atoms with van der Waals surface area (Å²) < 4.78 is 0. The molecule has 1 aliphatic carbocycles. The van der Waals surface area contributed by atoms with E-state index in [0.29, 0.717) is 6.04 Å². The van der Waals surface area contributed by atoms with E-state index in [2.05, 4.69) is 0 Å². The zero-order valence-electron chi connectivity index (χ0n) is 11.5. The number of hydrogen-bond donors (Lipinski definition) is 1. The summed E-state index contributed by atoms with van der Waals surface area (Å²) in [5, 5.41) is 0. The van der Waals surface area contributed by atoms with Crippen LogP contribution in [0.15, 0.2) is 0 Å². The number of hydrogen-bond acceptors (Lipinski definition) is 2. The predicted octanol–water partition coefficient (Wildman–Crippen LogP) is 2.57. The molecule has 1 amide bonds. The van der Waals surface area contributed by atoms with Crippen LogP contribution in [0.1, 0.15) is 52.9 Å². The molecule has 1 aliphatic rings. The molecule has 0 heterocycles. The molecule has 102 valence electrons. The number of nitrogens with two attached hydrogens (primary N) is 1. The first-order valence-electron chi connectivity index (χ1n) is 6.36. The third-order valence-corrected chi connectivity index (χ3v) is 3.67. The highest BCUT2D eigenvalue weighted by molar-refractivity contribution is 5.85. The standard InChI is InChI=1S/C13H26N2O.ClH/c1-13(2,3)11(14)12(16)15(4)10-8-6-5-7-9-10;/h10-11H,5-9,14H2,1-4H3;1H/t11-;/m1./s1. The van der Waals surface area contributed by atoms with Crippen LogP contribution in [0.2, 0.25) is 0 Å². The van der Waals surface area contributed by atoms with Crippen molar-refractivity contribution in [2.75, 3.05) is 7.05 Å². The van der Waals surface area contributed by atoms with Crippen molar-refractivity contribution in [3.8, 4) is 0 Å². The van der Waals surface area contributed by atoms with Crippen LogP contribution in [-0.2, 0) is 4.79 Å². The summed E-state index contributed by atoms with van der Waals surface area (Å²) in [7, 11) is 1.91. The van der Waals surface area contributed by atoms with Gasteiger partial charge in [0.15, 0.2) is 0 Å². The van der Waals surface area contributed by atoms with Gasteiger partial charge in [-0.15, -0.1) is 12.4 Å². The molecule has 0 aromatic rings. The Kier molecular flexibility index (Phi) is 6.49. The smallest absolute Gasteiger partial charge is 0.240 e. The molecule has 0 aliphatic heterocycles. The van der Waals surface area contributed by atoms with Crippen molar-refractivity contribution >= 4 is 18.3 Å². The van der Waals surface area contributed by atoms with E-state index in [4.69, 9.17) is 5.73 Å². The van der Waals surface area contributed by atoms with Gasteiger partial charge in [-0.3, -0.25) is 4.79 Å². The van der Waals surface area contributed by atoms with E-state index in [1.165, 1.54) is 19.3 Å². The van der Waals surface area contributed by atoms with Gasteiger partial charge in [0.2, 0.25) is 5.91 Å². The summed E-state index contributed by atoms with van der Waals surface area (Å²) in [5.74, 6) is 0.0967. The quantitative estimate of drug-likeness (QED) is 0.831. The Morgan fingerprint density at radius 1 is 1.24 bits per heavy atom. The Morgan fingerprint density at radius 2 is 1.71 bits per heavy atom. The lowest BCUT2D eigenvalue weighted by Gasteiger charge is -2.36. The van der Waals surface area contributed by atoms with Crippen LogP contribution in [-0.4, -0.2) is 29.9 Å². The highest BCUT2D eigenvalue weighted by Gasteiger charge is 2.32. The zero-order chi connectivity index (χ0) is 12.3. The van der Waals surface area contributed by atoms with E-state index in [9.17, 15) is 4.79 Å². The van der Waals surface area contributed by atoms with Crippen molar-refractivity contribution in [2.24, 2.45) is 11.1 Å². The van der Waals surface area contributed by atoms with Gasteiger partial charge in [0, 0.05) is 13.1 Å². The Balaban J connectivity index is 0.00000256. The van der Waals surface area contributed by atoms with Crippen LogP contribution in [0.5, 0.6) is 0 Å². The van der Waals surface area contributed by atoms with Crippen molar-refractivity contribution in [1.29, 1.82) is 0 Å². The van der Waals surface area contributed by atoms with Crippen molar-refractivity contribution in [3.63, 3.8) is 0 Å². The number of amides is 1. The van der Waals surface area contributed by atoms with Gasteiger partial charge in [0.05, 0.1) is 6.04 Å². The molecule has 3 nitrogen and oxygen atoms in total. The molecule has 0 saturated heterocycles. The van der Waals surface area contributed by atoms with Crippen LogP contribution in [0.3, 0.4) is 0 Å². The monoisotopic (exact) mass is 262 g/mol. The highest BCUT2D eigenvalue weighted by atomic mass is 35.5. The van der Waals surface area contributed by atoms with E-state index in [1.807, 2.05) is 32.7 Å². The minimum Gasteiger partial charge on any atom is -0.341 e. The summed E-state index contributed by atoms with van der Waals surface area (Å²) in [5.41, 5.74) is 5.86. The third-order valence-electron chi connectivity index (χ3n) is 3.67. The second-order valence-electron chi connectivity index (χ2n) is 6.08. The summed E-state index contributed by atoms with van der Waals surface area (Å²) in [4.78, 5) is 14.1. The average Bonchev–Trinajstić information content (AvgIpc) is 2.26. The lowest BCUT2D eigenvalue weighted by atomic mass is 9.85. The number of carbonyl (C=O) groups is 1. The van der Waals surface area contributed by atoms with Crippen LogP contribution in [0, 0.1) is 5.41 Å². The largest absolute Gasteiger partial charge is 0.341 e. The van der Waals surface area contributed by atoms with Gasteiger partial charge >= 0.3 is 0 Å². The average molecular weight is 263 g/mol. The molecule has 0 unspecified atom stereocenters. The van der Waals surface area contributed by atoms with E-state index in [0.717, 1.165) is 12.8 Å². The molecular formula is C13H27ClN2O. The predicted molar refractivity (Wildman–Crippen MR) is 74.3 cm³/mol. The number of rotatable bonds is 2. The summed E-state index contributed by atoms with van der Waals surface area (Å²) >= 11 is 0. The minimum atomic E-state index is -0.389. The molecule has 0 bridgehead atoms. The fraction of sp³-hybridized carbons (Fsp3) is 0.923. The second kappa shape index (κ2) is 6.60. The van der Waals surface area contributed by atoms with Gasteiger partial charge in [0.1, 0.15) is 0 Å². The van der Waals surface area contributed by atoms with Gasteiger partial charge in [-0.2, -0.15) is 0 Å². The van der Waals surface area contributed by atoms with Gasteiger partial charge < -0.3 is 10.6 Å². The Hall–Kier alpha value is -0.280.